The second-order valence-corrected chi connectivity index (χ2v) is 2.59. The van der Waals surface area contributed by atoms with E-state index in [1.807, 2.05) is 24.4 Å². The third kappa shape index (κ3) is 2.56. The molecule has 68 valence electrons. The molecule has 0 amide bonds. The first-order chi connectivity index (χ1) is 5.95. The molecule has 4 heteroatoms. The topological polar surface area (TPSA) is 30.7 Å². The lowest BCUT2D eigenvalue weighted by molar-refractivity contribution is 0.649. The van der Waals surface area contributed by atoms with Gasteiger partial charge in [-0.1, -0.05) is 35.5 Å². The Hall–Kier alpha value is -1.35. The van der Waals surface area contributed by atoms with Crippen LogP contribution in [-0.2, 0) is 6.54 Å². The third-order valence-electron chi connectivity index (χ3n) is 1.66. The molecule has 0 fully saturated rings. The molecule has 13 heavy (non-hydrogen) atoms. The average molecular weight is 196 g/mol. The number of hydrogen-bond donors (Lipinski definition) is 0. The molecule has 0 radical (unpaired) electrons. The van der Waals surface area contributed by atoms with Gasteiger partial charge in [0.05, 0.1) is 12.7 Å². The third-order valence-corrected chi connectivity index (χ3v) is 1.66. The van der Waals surface area contributed by atoms with Crippen molar-refractivity contribution in [2.24, 2.45) is 0 Å². The van der Waals surface area contributed by atoms with Crippen LogP contribution in [0.2, 0.25) is 0 Å². The van der Waals surface area contributed by atoms with E-state index < -0.39 is 0 Å². The smallest absolute Gasteiger partial charge is 0.0693 e. The highest BCUT2D eigenvalue weighted by Gasteiger charge is 1.92. The minimum atomic E-state index is 0. The van der Waals surface area contributed by atoms with Gasteiger partial charge in [0.15, 0.2) is 0 Å². The van der Waals surface area contributed by atoms with E-state index in [9.17, 15) is 0 Å². The van der Waals surface area contributed by atoms with Crippen LogP contribution in [0.5, 0.6) is 0 Å². The lowest BCUT2D eigenvalue weighted by Gasteiger charge is -1.98. The number of rotatable bonds is 2. The van der Waals surface area contributed by atoms with Crippen LogP contribution in [0.4, 0.5) is 0 Å². The fourth-order valence-electron chi connectivity index (χ4n) is 1.09. The van der Waals surface area contributed by atoms with Crippen molar-refractivity contribution < 1.29 is 0 Å². The van der Waals surface area contributed by atoms with Gasteiger partial charge >= 0.3 is 0 Å². The quantitative estimate of drug-likeness (QED) is 0.731. The van der Waals surface area contributed by atoms with Crippen LogP contribution >= 0.6 is 12.4 Å². The zero-order chi connectivity index (χ0) is 8.23. The van der Waals surface area contributed by atoms with Gasteiger partial charge in [-0.15, -0.1) is 17.5 Å². The highest BCUT2D eigenvalue weighted by Crippen LogP contribution is 1.99. The summed E-state index contributed by atoms with van der Waals surface area (Å²) in [4.78, 5) is 0. The van der Waals surface area contributed by atoms with Crippen molar-refractivity contribution in [3.63, 3.8) is 0 Å². The van der Waals surface area contributed by atoms with Gasteiger partial charge in [0.1, 0.15) is 0 Å². The molecule has 0 atom stereocenters. The largest absolute Gasteiger partial charge is 0.248 e. The van der Waals surface area contributed by atoms with E-state index in [2.05, 4.69) is 22.4 Å². The molecule has 0 saturated heterocycles. The molecule has 0 aliphatic carbocycles. The minimum Gasteiger partial charge on any atom is -0.248 e. The molecule has 0 spiro atoms. The van der Waals surface area contributed by atoms with Gasteiger partial charge in [0.25, 0.3) is 0 Å². The lowest BCUT2D eigenvalue weighted by atomic mass is 10.2. The molecule has 3 nitrogen and oxygen atoms in total. The zero-order valence-electron chi connectivity index (χ0n) is 7.00. The van der Waals surface area contributed by atoms with Gasteiger partial charge in [-0.25, -0.2) is 4.68 Å². The van der Waals surface area contributed by atoms with Gasteiger partial charge < -0.3 is 0 Å². The van der Waals surface area contributed by atoms with E-state index in [0.717, 1.165) is 6.54 Å². The Balaban J connectivity index is 0.000000845. The molecule has 2 aromatic rings. The Labute approximate surface area is 82.8 Å². The molecular weight excluding hydrogens is 186 g/mol. The Morgan fingerprint density at radius 3 is 2.54 bits per heavy atom. The number of nitrogens with zero attached hydrogens (tertiary/aromatic N) is 3. The summed E-state index contributed by atoms with van der Waals surface area (Å²) < 4.78 is 1.80. The van der Waals surface area contributed by atoms with E-state index in [-0.39, 0.29) is 12.4 Å². The predicted octanol–water partition coefficient (Wildman–Crippen LogP) is 1.75. The van der Waals surface area contributed by atoms with Crippen LogP contribution in [0, 0.1) is 0 Å². The van der Waals surface area contributed by atoms with Crippen LogP contribution in [0.3, 0.4) is 0 Å². The van der Waals surface area contributed by atoms with Crippen molar-refractivity contribution in [1.29, 1.82) is 0 Å². The molecule has 0 unspecified atom stereocenters. The summed E-state index contributed by atoms with van der Waals surface area (Å²) >= 11 is 0. The second-order valence-electron chi connectivity index (χ2n) is 2.59. The zero-order valence-corrected chi connectivity index (χ0v) is 7.81. The number of benzene rings is 1. The maximum atomic E-state index is 3.88. The van der Waals surface area contributed by atoms with Gasteiger partial charge in [-0.05, 0) is 5.56 Å². The lowest BCUT2D eigenvalue weighted by Crippen LogP contribution is -1.99. The van der Waals surface area contributed by atoms with Crippen molar-refractivity contribution in [3.05, 3.63) is 48.3 Å². The van der Waals surface area contributed by atoms with Crippen LogP contribution in [0.15, 0.2) is 42.7 Å². The minimum absolute atomic E-state index is 0. The SMILES string of the molecule is Cl.c1ccc(Cn2ccnn2)cc1. The van der Waals surface area contributed by atoms with Crippen molar-refractivity contribution in [1.82, 2.24) is 15.0 Å². The van der Waals surface area contributed by atoms with Crippen LogP contribution < -0.4 is 0 Å². The van der Waals surface area contributed by atoms with E-state index >= 15 is 0 Å². The van der Waals surface area contributed by atoms with E-state index in [0.29, 0.717) is 0 Å². The second kappa shape index (κ2) is 4.62. The summed E-state index contributed by atoms with van der Waals surface area (Å²) in [5.41, 5.74) is 1.24. The standard InChI is InChI=1S/C9H9N3.ClH/c1-2-4-9(5-3-1)8-12-7-6-10-11-12;/h1-7H,8H2;1H. The van der Waals surface area contributed by atoms with Crippen LogP contribution in [0.1, 0.15) is 5.56 Å². The molecule has 0 saturated carbocycles. The summed E-state index contributed by atoms with van der Waals surface area (Å²) in [7, 11) is 0. The first kappa shape index (κ1) is 9.74. The monoisotopic (exact) mass is 195 g/mol. The summed E-state index contributed by atoms with van der Waals surface area (Å²) in [6.07, 6.45) is 3.54. The van der Waals surface area contributed by atoms with Crippen molar-refractivity contribution in [3.8, 4) is 0 Å². The van der Waals surface area contributed by atoms with E-state index in [1.54, 1.807) is 10.9 Å². The molecule has 1 aromatic carbocycles. The highest BCUT2D eigenvalue weighted by molar-refractivity contribution is 5.85. The van der Waals surface area contributed by atoms with Crippen LogP contribution in [0.25, 0.3) is 0 Å². The van der Waals surface area contributed by atoms with Gasteiger partial charge in [0, 0.05) is 6.20 Å². The first-order valence-electron chi connectivity index (χ1n) is 3.83. The van der Waals surface area contributed by atoms with E-state index in [4.69, 9.17) is 0 Å². The highest BCUT2D eigenvalue weighted by atomic mass is 35.5. The van der Waals surface area contributed by atoms with Crippen molar-refractivity contribution >= 4 is 12.4 Å². The summed E-state index contributed by atoms with van der Waals surface area (Å²) in [6, 6.07) is 10.2. The van der Waals surface area contributed by atoms with E-state index in [1.165, 1.54) is 5.56 Å². The number of aromatic nitrogens is 3. The Bertz CT molecular complexity index is 331. The first-order valence-corrected chi connectivity index (χ1v) is 3.83. The fourth-order valence-corrected chi connectivity index (χ4v) is 1.09. The van der Waals surface area contributed by atoms with Crippen molar-refractivity contribution in [2.75, 3.05) is 0 Å². The molecule has 1 heterocycles. The Morgan fingerprint density at radius 1 is 1.15 bits per heavy atom. The predicted molar refractivity (Wildman–Crippen MR) is 52.8 cm³/mol. The van der Waals surface area contributed by atoms with Gasteiger partial charge in [-0.3, -0.25) is 0 Å². The maximum Gasteiger partial charge on any atom is 0.0693 e. The van der Waals surface area contributed by atoms with Crippen molar-refractivity contribution in [2.45, 2.75) is 6.54 Å². The molecule has 2 rings (SSSR count). The summed E-state index contributed by atoms with van der Waals surface area (Å²) in [6.45, 7) is 0.792. The maximum absolute atomic E-state index is 3.88. The molecule has 0 aliphatic heterocycles. The van der Waals surface area contributed by atoms with Gasteiger partial charge in [-0.2, -0.15) is 0 Å². The summed E-state index contributed by atoms with van der Waals surface area (Å²) in [5, 5.41) is 7.61. The average Bonchev–Trinajstić information content (AvgIpc) is 2.59. The normalized spacial score (nSPS) is 9.23. The molecular formula is C9H10ClN3. The van der Waals surface area contributed by atoms with Gasteiger partial charge in [0.2, 0.25) is 0 Å². The Morgan fingerprint density at radius 2 is 1.92 bits per heavy atom. The molecule has 1 aromatic heterocycles. The summed E-state index contributed by atoms with van der Waals surface area (Å²) in [5.74, 6) is 0. The molecule has 0 bridgehead atoms. The number of halogens is 1. The fraction of sp³-hybridized carbons (Fsp3) is 0.111. The van der Waals surface area contributed by atoms with Crippen LogP contribution in [-0.4, -0.2) is 15.0 Å². The Kier molecular flexibility index (Phi) is 3.46. The molecule has 0 N–H and O–H groups in total. The number of hydrogen-bond acceptors (Lipinski definition) is 2. The molecule has 0 aliphatic rings.